The molecule has 264 valence electrons. The summed E-state index contributed by atoms with van der Waals surface area (Å²) in [5.74, 6) is -5.19. The summed E-state index contributed by atoms with van der Waals surface area (Å²) >= 11 is 0. The first-order chi connectivity index (χ1) is 23.4. The Morgan fingerprint density at radius 1 is 0.980 bits per heavy atom. The second-order valence-corrected chi connectivity index (χ2v) is 12.5. The number of carbonyl (C=O) groups is 6. The third-order valence-electron chi connectivity index (χ3n) is 8.59. The predicted molar refractivity (Wildman–Crippen MR) is 174 cm³/mol. The molecule has 3 atom stereocenters. The van der Waals surface area contributed by atoms with Crippen molar-refractivity contribution in [1.82, 2.24) is 26.6 Å². The summed E-state index contributed by atoms with van der Waals surface area (Å²) in [6.45, 7) is 4.23. The van der Waals surface area contributed by atoms with Crippen molar-refractivity contribution in [1.29, 1.82) is 0 Å². The van der Waals surface area contributed by atoms with Gasteiger partial charge in [-0.25, -0.2) is 4.39 Å². The minimum absolute atomic E-state index is 0.0263. The summed E-state index contributed by atoms with van der Waals surface area (Å²) in [6, 6.07) is 8.42. The van der Waals surface area contributed by atoms with E-state index in [2.05, 4.69) is 26.6 Å². The van der Waals surface area contributed by atoms with Crippen LogP contribution < -0.4 is 37.1 Å². The van der Waals surface area contributed by atoms with E-state index >= 15 is 0 Å². The molecule has 49 heavy (non-hydrogen) atoms. The first-order valence-corrected chi connectivity index (χ1v) is 16.2. The van der Waals surface area contributed by atoms with Crippen LogP contribution in [0.5, 0.6) is 5.75 Å². The van der Waals surface area contributed by atoms with Gasteiger partial charge in [0.1, 0.15) is 36.3 Å². The third-order valence-corrected chi connectivity index (χ3v) is 8.59. The number of amides is 6. The van der Waals surface area contributed by atoms with Crippen LogP contribution in [0, 0.1) is 11.7 Å². The van der Waals surface area contributed by atoms with Crippen LogP contribution in [0.4, 0.5) is 4.39 Å². The molecule has 0 saturated carbocycles. The Labute approximate surface area is 283 Å². The normalized spacial score (nSPS) is 22.2. The topological polar surface area (TPSA) is 207 Å². The number of benzene rings is 2. The fourth-order valence-corrected chi connectivity index (χ4v) is 5.84. The van der Waals surface area contributed by atoms with Crippen LogP contribution in [-0.4, -0.2) is 86.5 Å². The first-order valence-electron chi connectivity index (χ1n) is 16.2. The quantitative estimate of drug-likeness (QED) is 0.237. The Hall–Kier alpha value is -5.05. The van der Waals surface area contributed by atoms with E-state index in [0.717, 1.165) is 0 Å². The second-order valence-electron chi connectivity index (χ2n) is 12.5. The molecule has 15 heteroatoms. The predicted octanol–water partition coefficient (Wildman–Crippen LogP) is 0.188. The van der Waals surface area contributed by atoms with Gasteiger partial charge in [0.15, 0.2) is 0 Å². The zero-order valence-corrected chi connectivity index (χ0v) is 27.5. The Morgan fingerprint density at radius 3 is 2.41 bits per heavy atom. The Morgan fingerprint density at radius 2 is 1.71 bits per heavy atom. The number of nitrogens with one attached hydrogen (secondary N) is 5. The number of ether oxygens (including phenoxy) is 2. The van der Waals surface area contributed by atoms with Gasteiger partial charge in [-0.05, 0) is 48.6 Å². The Kier molecular flexibility index (Phi) is 12.7. The number of hydrogen-bond acceptors (Lipinski definition) is 8. The van der Waals surface area contributed by atoms with E-state index < -0.39 is 77.6 Å². The van der Waals surface area contributed by atoms with E-state index in [-0.39, 0.29) is 36.9 Å². The molecule has 0 aromatic heterocycles. The molecule has 0 unspecified atom stereocenters. The molecular formula is C34H43FN6O8. The minimum atomic E-state index is -1.48. The van der Waals surface area contributed by atoms with Gasteiger partial charge in [0.2, 0.25) is 29.5 Å². The van der Waals surface area contributed by atoms with Gasteiger partial charge in [-0.3, -0.25) is 28.8 Å². The fraction of sp³-hybridized carbons (Fsp3) is 0.471. The van der Waals surface area contributed by atoms with E-state index in [4.69, 9.17) is 15.2 Å². The highest BCUT2D eigenvalue weighted by molar-refractivity contribution is 6.01. The number of halogens is 1. The van der Waals surface area contributed by atoms with E-state index in [0.29, 0.717) is 31.6 Å². The molecule has 1 saturated heterocycles. The van der Waals surface area contributed by atoms with Crippen molar-refractivity contribution in [3.63, 3.8) is 0 Å². The molecule has 2 heterocycles. The van der Waals surface area contributed by atoms with E-state index in [1.165, 1.54) is 18.2 Å². The molecule has 7 N–H and O–H groups in total. The number of nitrogens with two attached hydrogens (primary N) is 1. The lowest BCUT2D eigenvalue weighted by molar-refractivity contribution is -0.134. The molecule has 2 aromatic carbocycles. The molecule has 4 rings (SSSR count). The van der Waals surface area contributed by atoms with Gasteiger partial charge in [-0.2, -0.15) is 0 Å². The molecule has 0 radical (unpaired) electrons. The molecule has 6 amide bonds. The summed E-state index contributed by atoms with van der Waals surface area (Å²) in [4.78, 5) is 78.9. The lowest BCUT2D eigenvalue weighted by Gasteiger charge is -2.38. The van der Waals surface area contributed by atoms with E-state index in [9.17, 15) is 33.2 Å². The van der Waals surface area contributed by atoms with Crippen molar-refractivity contribution in [3.05, 3.63) is 65.5 Å². The molecule has 1 fully saturated rings. The Balaban J connectivity index is 1.64. The number of carbonyl (C=O) groups excluding carboxylic acids is 6. The maximum absolute atomic E-state index is 14.3. The molecule has 2 aliphatic rings. The van der Waals surface area contributed by atoms with E-state index in [1.807, 2.05) is 0 Å². The molecule has 0 aliphatic carbocycles. The SMILES string of the molecule is CC(C)[C@H]1NC(=O)[C@H](CC(N)=O)NC(=O)C[C@@H](C(=O)NCC2(c3cccc(F)c3)CCOCC2)NC(=O)c2ccccc2OCCNC1=O. The molecular weight excluding hydrogens is 639 g/mol. The fourth-order valence-electron chi connectivity index (χ4n) is 5.84. The van der Waals surface area contributed by atoms with Gasteiger partial charge >= 0.3 is 0 Å². The monoisotopic (exact) mass is 682 g/mol. The highest BCUT2D eigenvalue weighted by Gasteiger charge is 2.37. The van der Waals surface area contributed by atoms with Gasteiger partial charge in [0, 0.05) is 25.2 Å². The van der Waals surface area contributed by atoms with Gasteiger partial charge in [-0.1, -0.05) is 38.1 Å². The van der Waals surface area contributed by atoms with Gasteiger partial charge in [-0.15, -0.1) is 0 Å². The summed E-state index contributed by atoms with van der Waals surface area (Å²) in [6.07, 6.45) is -0.255. The van der Waals surface area contributed by atoms with Crippen molar-refractivity contribution < 1.29 is 42.6 Å². The van der Waals surface area contributed by atoms with Crippen LogP contribution in [0.1, 0.15) is 55.5 Å². The molecule has 2 aromatic rings. The number of primary amides is 1. The first kappa shape index (κ1) is 36.8. The Bertz CT molecular complexity index is 1550. The van der Waals surface area contributed by atoms with Crippen LogP contribution in [0.3, 0.4) is 0 Å². The molecule has 0 spiro atoms. The van der Waals surface area contributed by atoms with Crippen molar-refractivity contribution in [2.45, 2.75) is 63.1 Å². The summed E-state index contributed by atoms with van der Waals surface area (Å²) < 4.78 is 25.6. The van der Waals surface area contributed by atoms with Crippen molar-refractivity contribution >= 4 is 35.4 Å². The number of hydrogen-bond donors (Lipinski definition) is 6. The maximum atomic E-state index is 14.3. The largest absolute Gasteiger partial charge is 0.491 e. The van der Waals surface area contributed by atoms with E-state index in [1.54, 1.807) is 44.2 Å². The highest BCUT2D eigenvalue weighted by atomic mass is 19.1. The average molecular weight is 683 g/mol. The van der Waals surface area contributed by atoms with Crippen LogP contribution >= 0.6 is 0 Å². The summed E-state index contributed by atoms with van der Waals surface area (Å²) in [5, 5.41) is 13.1. The van der Waals surface area contributed by atoms with Crippen molar-refractivity contribution in [3.8, 4) is 5.75 Å². The second kappa shape index (κ2) is 16.9. The molecule has 0 bridgehead atoms. The maximum Gasteiger partial charge on any atom is 0.255 e. The van der Waals surface area contributed by atoms with Crippen LogP contribution in [0.2, 0.25) is 0 Å². The van der Waals surface area contributed by atoms with Crippen LogP contribution in [-0.2, 0) is 34.1 Å². The van der Waals surface area contributed by atoms with Crippen LogP contribution in [0.15, 0.2) is 48.5 Å². The lowest BCUT2D eigenvalue weighted by atomic mass is 9.74. The molecule has 14 nitrogen and oxygen atoms in total. The standard InChI is InChI=1S/C34H43FN6O8/c1-20(2)29-33(47)37-12-15-49-26-9-4-3-8-23(26)30(44)40-25(18-28(43)39-24(17-27(36)42)32(46)41-29)31(45)38-19-34(10-13-48-14-11-34)21-6-5-7-22(35)16-21/h3-9,16,20,24-25,29H,10-15,17-19H2,1-2H3,(H2,36,42)(H,37,47)(H,38,45)(H,39,43)(H,40,44)(H,41,46)/t24-,25-,29+/m0/s1. The van der Waals surface area contributed by atoms with Crippen LogP contribution in [0.25, 0.3) is 0 Å². The number of rotatable bonds is 7. The highest BCUT2D eigenvalue weighted by Crippen LogP contribution is 2.34. The van der Waals surface area contributed by atoms with Gasteiger partial charge < -0.3 is 41.8 Å². The lowest BCUT2D eigenvalue weighted by Crippen LogP contribution is -2.57. The summed E-state index contributed by atoms with van der Waals surface area (Å²) in [5.41, 5.74) is 5.44. The third kappa shape index (κ3) is 9.98. The zero-order valence-electron chi connectivity index (χ0n) is 27.5. The van der Waals surface area contributed by atoms with Crippen molar-refractivity contribution in [2.24, 2.45) is 11.7 Å². The van der Waals surface area contributed by atoms with Gasteiger partial charge in [0.05, 0.1) is 24.9 Å². The van der Waals surface area contributed by atoms with Crippen molar-refractivity contribution in [2.75, 3.05) is 32.9 Å². The number of fused-ring (bicyclic) bond motifs is 1. The summed E-state index contributed by atoms with van der Waals surface area (Å²) in [7, 11) is 0. The smallest absolute Gasteiger partial charge is 0.255 e. The zero-order chi connectivity index (χ0) is 35.6. The number of para-hydroxylation sites is 1. The van der Waals surface area contributed by atoms with Gasteiger partial charge in [0.25, 0.3) is 5.91 Å². The minimum Gasteiger partial charge on any atom is -0.491 e. The average Bonchev–Trinajstić information content (AvgIpc) is 3.07. The molecule has 2 aliphatic heterocycles.